The monoisotopic (exact) mass is 469 g/mol. The second-order valence-electron chi connectivity index (χ2n) is 7.54. The zero-order valence-electron chi connectivity index (χ0n) is 17.8. The van der Waals surface area contributed by atoms with Crippen LogP contribution in [0.4, 0.5) is 11.6 Å². The van der Waals surface area contributed by atoms with Crippen LogP contribution in [0.25, 0.3) is 5.69 Å². The smallest absolute Gasteiger partial charge is 0.232 e. The Kier molecular flexibility index (Phi) is 7.12. The first-order valence-electron chi connectivity index (χ1n) is 10.5. The van der Waals surface area contributed by atoms with Crippen molar-refractivity contribution in [3.8, 4) is 5.69 Å². The van der Waals surface area contributed by atoms with Gasteiger partial charge in [-0.3, -0.25) is 14.2 Å². The average Bonchev–Trinajstić information content (AvgIpc) is 3.44. The number of anilines is 2. The largest absolute Gasteiger partial charge is 0.341 e. The molecule has 1 aromatic heterocycles. The molecule has 1 fully saturated rings. The van der Waals surface area contributed by atoms with E-state index in [2.05, 4.69) is 20.4 Å². The van der Waals surface area contributed by atoms with Crippen molar-refractivity contribution in [1.82, 2.24) is 14.8 Å². The molecule has 7 nitrogen and oxygen atoms in total. The summed E-state index contributed by atoms with van der Waals surface area (Å²) in [4.78, 5) is 26.0. The normalized spacial score (nSPS) is 13.4. The van der Waals surface area contributed by atoms with Gasteiger partial charge < -0.3 is 10.2 Å². The summed E-state index contributed by atoms with van der Waals surface area (Å²) in [5.41, 5.74) is 2.12. The van der Waals surface area contributed by atoms with Gasteiger partial charge in [0.05, 0.1) is 10.7 Å². The highest BCUT2D eigenvalue weighted by atomic mass is 35.5. The maximum Gasteiger partial charge on any atom is 0.232 e. The molecule has 0 radical (unpaired) electrons. The number of para-hydroxylation sites is 1. The highest BCUT2D eigenvalue weighted by Gasteiger charge is 2.23. The Morgan fingerprint density at radius 2 is 1.78 bits per heavy atom. The van der Waals surface area contributed by atoms with Gasteiger partial charge in [-0.15, -0.1) is 10.2 Å². The minimum absolute atomic E-state index is 0.00444. The molecule has 1 aliphatic heterocycles. The number of Topliss-reactive ketones (excluding diaryl/α,β-unsaturated/α-hetero) is 1. The van der Waals surface area contributed by atoms with Crippen LogP contribution in [-0.4, -0.2) is 45.3 Å². The van der Waals surface area contributed by atoms with Gasteiger partial charge in [0.15, 0.2) is 10.9 Å². The average molecular weight is 470 g/mol. The molecule has 0 unspecified atom stereocenters. The van der Waals surface area contributed by atoms with E-state index in [1.54, 1.807) is 24.3 Å². The van der Waals surface area contributed by atoms with Crippen LogP contribution in [0.15, 0.2) is 53.7 Å². The second kappa shape index (κ2) is 10.2. The first kappa shape index (κ1) is 22.4. The van der Waals surface area contributed by atoms with E-state index in [1.807, 2.05) is 28.8 Å². The van der Waals surface area contributed by atoms with E-state index in [1.165, 1.54) is 18.7 Å². The molecule has 9 heteroatoms. The van der Waals surface area contributed by atoms with Crippen LogP contribution in [0, 0.1) is 0 Å². The van der Waals surface area contributed by atoms with Crippen molar-refractivity contribution >= 4 is 46.7 Å². The lowest BCUT2D eigenvalue weighted by Gasteiger charge is -2.19. The summed E-state index contributed by atoms with van der Waals surface area (Å²) in [5.74, 6) is 1.22. The number of nitrogens with zero attached hydrogens (tertiary/aromatic N) is 4. The molecule has 1 N–H and O–H groups in total. The van der Waals surface area contributed by atoms with Crippen LogP contribution < -0.4 is 10.2 Å². The summed E-state index contributed by atoms with van der Waals surface area (Å²) in [6.45, 7) is 3.40. The molecule has 4 rings (SSSR count). The van der Waals surface area contributed by atoms with Gasteiger partial charge in [-0.1, -0.05) is 35.5 Å². The minimum atomic E-state index is -0.100. The van der Waals surface area contributed by atoms with E-state index in [4.69, 9.17) is 11.6 Å². The second-order valence-corrected chi connectivity index (χ2v) is 9.01. The van der Waals surface area contributed by atoms with Gasteiger partial charge in [0.25, 0.3) is 0 Å². The first-order chi connectivity index (χ1) is 15.5. The van der Waals surface area contributed by atoms with Crippen molar-refractivity contribution in [2.75, 3.05) is 29.1 Å². The van der Waals surface area contributed by atoms with E-state index in [9.17, 15) is 9.59 Å². The van der Waals surface area contributed by atoms with Crippen molar-refractivity contribution in [1.29, 1.82) is 0 Å². The number of rotatable bonds is 8. The SMILES string of the molecule is CC(=O)c1ccc(NC(=O)CCSc2nnc(N3CCCC3)n2-c2ccccc2Cl)cc1. The van der Waals surface area contributed by atoms with Crippen LogP contribution in [0.3, 0.4) is 0 Å². The molecule has 1 amide bonds. The molecule has 0 aliphatic carbocycles. The Balaban J connectivity index is 1.43. The van der Waals surface area contributed by atoms with Gasteiger partial charge in [0.2, 0.25) is 11.9 Å². The molecule has 1 saturated heterocycles. The molecule has 166 valence electrons. The molecule has 0 spiro atoms. The van der Waals surface area contributed by atoms with Gasteiger partial charge in [-0.2, -0.15) is 0 Å². The van der Waals surface area contributed by atoms with Gasteiger partial charge in [-0.25, -0.2) is 0 Å². The summed E-state index contributed by atoms with van der Waals surface area (Å²) >= 11 is 7.96. The summed E-state index contributed by atoms with van der Waals surface area (Å²) < 4.78 is 1.98. The number of hydrogen-bond acceptors (Lipinski definition) is 6. The number of ketones is 1. The Morgan fingerprint density at radius 3 is 2.47 bits per heavy atom. The third-order valence-corrected chi connectivity index (χ3v) is 6.48. The zero-order valence-corrected chi connectivity index (χ0v) is 19.3. The summed E-state index contributed by atoms with van der Waals surface area (Å²) in [6, 6.07) is 14.5. The fraction of sp³-hybridized carbons (Fsp3) is 0.304. The molecule has 2 heterocycles. The van der Waals surface area contributed by atoms with Crippen LogP contribution in [0.1, 0.15) is 36.5 Å². The van der Waals surface area contributed by atoms with Gasteiger partial charge in [0, 0.05) is 36.5 Å². The number of halogens is 1. The van der Waals surface area contributed by atoms with Gasteiger partial charge >= 0.3 is 0 Å². The maximum absolute atomic E-state index is 12.4. The maximum atomic E-state index is 12.4. The summed E-state index contributed by atoms with van der Waals surface area (Å²) in [7, 11) is 0. The van der Waals surface area contributed by atoms with E-state index < -0.39 is 0 Å². The highest BCUT2D eigenvalue weighted by Crippen LogP contribution is 2.32. The van der Waals surface area contributed by atoms with E-state index >= 15 is 0 Å². The lowest BCUT2D eigenvalue weighted by molar-refractivity contribution is -0.115. The molecular weight excluding hydrogens is 446 g/mol. The topological polar surface area (TPSA) is 80.1 Å². The van der Waals surface area contributed by atoms with Crippen molar-refractivity contribution in [2.24, 2.45) is 0 Å². The first-order valence-corrected chi connectivity index (χ1v) is 11.9. The Labute approximate surface area is 196 Å². The van der Waals surface area contributed by atoms with E-state index in [-0.39, 0.29) is 11.7 Å². The Morgan fingerprint density at radius 1 is 1.06 bits per heavy atom. The number of thioether (sulfide) groups is 1. The summed E-state index contributed by atoms with van der Waals surface area (Å²) in [5, 5.41) is 13.0. The number of hydrogen-bond donors (Lipinski definition) is 1. The fourth-order valence-corrected chi connectivity index (χ4v) is 4.67. The lowest BCUT2D eigenvalue weighted by Crippen LogP contribution is -2.22. The number of benzene rings is 2. The Bertz CT molecular complexity index is 1110. The third-order valence-electron chi connectivity index (χ3n) is 5.23. The van der Waals surface area contributed by atoms with Crippen molar-refractivity contribution in [3.63, 3.8) is 0 Å². The van der Waals surface area contributed by atoms with E-state index in [0.717, 1.165) is 37.6 Å². The van der Waals surface area contributed by atoms with Crippen molar-refractivity contribution in [2.45, 2.75) is 31.3 Å². The molecular formula is C23H24ClN5O2S. The van der Waals surface area contributed by atoms with E-state index in [0.29, 0.717) is 33.6 Å². The molecule has 0 saturated carbocycles. The quantitative estimate of drug-likeness (QED) is 0.375. The molecule has 2 aromatic carbocycles. The van der Waals surface area contributed by atoms with Crippen LogP contribution in [0.5, 0.6) is 0 Å². The highest BCUT2D eigenvalue weighted by molar-refractivity contribution is 7.99. The summed E-state index contributed by atoms with van der Waals surface area (Å²) in [6.07, 6.45) is 2.57. The predicted octanol–water partition coefficient (Wildman–Crippen LogP) is 4.84. The lowest BCUT2D eigenvalue weighted by atomic mass is 10.1. The fourth-order valence-electron chi connectivity index (χ4n) is 3.57. The number of nitrogens with one attached hydrogen (secondary N) is 1. The minimum Gasteiger partial charge on any atom is -0.341 e. The van der Waals surface area contributed by atoms with Crippen molar-refractivity contribution < 1.29 is 9.59 Å². The number of carbonyl (C=O) groups excluding carboxylic acids is 2. The van der Waals surface area contributed by atoms with Crippen molar-refractivity contribution in [3.05, 3.63) is 59.1 Å². The van der Waals surface area contributed by atoms with Crippen LogP contribution >= 0.6 is 23.4 Å². The van der Waals surface area contributed by atoms with Crippen LogP contribution in [0.2, 0.25) is 5.02 Å². The standard InChI is InChI=1S/C23H24ClN5O2S/c1-16(30)17-8-10-18(11-9-17)25-21(31)12-15-32-23-27-26-22(28-13-4-5-14-28)29(23)20-7-3-2-6-19(20)24/h2-3,6-11H,4-5,12-15H2,1H3,(H,25,31). The van der Waals surface area contributed by atoms with Crippen LogP contribution in [-0.2, 0) is 4.79 Å². The molecule has 0 atom stereocenters. The zero-order chi connectivity index (χ0) is 22.5. The number of carbonyl (C=O) groups is 2. The molecule has 0 bridgehead atoms. The molecule has 1 aliphatic rings. The molecule has 32 heavy (non-hydrogen) atoms. The number of aromatic nitrogens is 3. The molecule has 3 aromatic rings. The third kappa shape index (κ3) is 5.14. The Hall–Kier alpha value is -2.84. The predicted molar refractivity (Wildman–Crippen MR) is 128 cm³/mol. The van der Waals surface area contributed by atoms with Gasteiger partial charge in [0.1, 0.15) is 0 Å². The number of amides is 1. The van der Waals surface area contributed by atoms with Gasteiger partial charge in [-0.05, 0) is 56.2 Å².